The lowest BCUT2D eigenvalue weighted by atomic mass is 10.2. The van der Waals surface area contributed by atoms with Gasteiger partial charge >= 0.3 is 0 Å². The van der Waals surface area contributed by atoms with Crippen LogP contribution in [0.5, 0.6) is 0 Å². The van der Waals surface area contributed by atoms with Gasteiger partial charge in [-0.05, 0) is 31.0 Å². The van der Waals surface area contributed by atoms with Crippen LogP contribution in [0, 0.1) is 0 Å². The normalized spacial score (nSPS) is 13.8. The first-order valence-corrected chi connectivity index (χ1v) is 9.38. The van der Waals surface area contributed by atoms with Crippen molar-refractivity contribution in [2.24, 2.45) is 7.05 Å². The van der Waals surface area contributed by atoms with E-state index in [2.05, 4.69) is 15.4 Å². The number of aryl methyl sites for hydroxylation is 1. The van der Waals surface area contributed by atoms with E-state index in [1.807, 2.05) is 42.8 Å². The summed E-state index contributed by atoms with van der Waals surface area (Å²) in [4.78, 5) is 17.0. The molecule has 0 radical (unpaired) electrons. The van der Waals surface area contributed by atoms with Gasteiger partial charge in [-0.15, -0.1) is 11.3 Å². The standard InChI is InChI=1S/C18H17ClN4OS/c1-23-16(8-14(22-23)11-2-3-11)18(24)20-9-17-21-15(10-25-17)12-4-6-13(19)7-5-12/h4-8,10-11H,2-3,9H2,1H3,(H,20,24). The Morgan fingerprint density at radius 2 is 2.12 bits per heavy atom. The molecule has 0 spiro atoms. The first kappa shape index (κ1) is 16.3. The first-order valence-electron chi connectivity index (χ1n) is 8.12. The molecule has 3 aromatic rings. The lowest BCUT2D eigenvalue weighted by Crippen LogP contribution is -2.25. The summed E-state index contributed by atoms with van der Waals surface area (Å²) in [5.74, 6) is 0.416. The summed E-state index contributed by atoms with van der Waals surface area (Å²) >= 11 is 7.44. The third-order valence-electron chi connectivity index (χ3n) is 4.22. The van der Waals surface area contributed by atoms with Gasteiger partial charge in [0.15, 0.2) is 0 Å². The van der Waals surface area contributed by atoms with Crippen molar-refractivity contribution >= 4 is 28.8 Å². The number of nitrogens with one attached hydrogen (secondary N) is 1. The van der Waals surface area contributed by atoms with Crippen molar-refractivity contribution in [2.45, 2.75) is 25.3 Å². The van der Waals surface area contributed by atoms with Gasteiger partial charge in [-0.1, -0.05) is 23.7 Å². The van der Waals surface area contributed by atoms with Crippen LogP contribution in [0.2, 0.25) is 5.02 Å². The van der Waals surface area contributed by atoms with Gasteiger partial charge in [0.2, 0.25) is 0 Å². The second-order valence-corrected chi connectivity index (χ2v) is 7.55. The monoisotopic (exact) mass is 372 g/mol. The number of amides is 1. The summed E-state index contributed by atoms with van der Waals surface area (Å²) in [5, 5.41) is 10.9. The smallest absolute Gasteiger partial charge is 0.269 e. The second kappa shape index (κ2) is 6.61. The Bertz CT molecular complexity index is 912. The van der Waals surface area contributed by atoms with Crippen molar-refractivity contribution in [1.29, 1.82) is 0 Å². The molecule has 1 fully saturated rings. The van der Waals surface area contributed by atoms with Crippen LogP contribution in [0.25, 0.3) is 11.3 Å². The number of aromatic nitrogens is 3. The van der Waals surface area contributed by atoms with E-state index >= 15 is 0 Å². The molecule has 25 heavy (non-hydrogen) atoms. The molecule has 128 valence electrons. The number of hydrogen-bond acceptors (Lipinski definition) is 4. The molecule has 0 unspecified atom stereocenters. The summed E-state index contributed by atoms with van der Waals surface area (Å²) in [5.41, 5.74) is 3.52. The Morgan fingerprint density at radius 3 is 2.84 bits per heavy atom. The number of carbonyl (C=O) groups is 1. The van der Waals surface area contributed by atoms with E-state index in [1.165, 1.54) is 24.2 Å². The number of nitrogens with zero attached hydrogens (tertiary/aromatic N) is 3. The summed E-state index contributed by atoms with van der Waals surface area (Å²) in [7, 11) is 1.81. The fraction of sp³-hybridized carbons (Fsp3) is 0.278. The van der Waals surface area contributed by atoms with Crippen molar-refractivity contribution in [3.8, 4) is 11.3 Å². The van der Waals surface area contributed by atoms with Crippen molar-refractivity contribution in [2.75, 3.05) is 0 Å². The van der Waals surface area contributed by atoms with E-state index in [9.17, 15) is 4.79 Å². The van der Waals surface area contributed by atoms with Crippen LogP contribution < -0.4 is 5.32 Å². The van der Waals surface area contributed by atoms with Gasteiger partial charge in [0, 0.05) is 28.9 Å². The molecule has 1 saturated carbocycles. The predicted molar refractivity (Wildman–Crippen MR) is 98.9 cm³/mol. The average molecular weight is 373 g/mol. The van der Waals surface area contributed by atoms with E-state index in [4.69, 9.17) is 11.6 Å². The van der Waals surface area contributed by atoms with E-state index in [0.717, 1.165) is 22.0 Å². The molecule has 1 amide bonds. The molecule has 0 atom stereocenters. The highest BCUT2D eigenvalue weighted by Gasteiger charge is 2.28. The molecule has 2 heterocycles. The lowest BCUT2D eigenvalue weighted by Gasteiger charge is -2.03. The molecule has 1 N–H and O–H groups in total. The molecule has 0 aliphatic heterocycles. The van der Waals surface area contributed by atoms with E-state index in [1.54, 1.807) is 4.68 Å². The number of carbonyl (C=O) groups excluding carboxylic acids is 1. The molecule has 1 aromatic carbocycles. The van der Waals surface area contributed by atoms with E-state index in [-0.39, 0.29) is 5.91 Å². The van der Waals surface area contributed by atoms with Gasteiger partial charge in [0.05, 0.1) is 17.9 Å². The molecule has 4 rings (SSSR count). The van der Waals surface area contributed by atoms with Gasteiger partial charge in [-0.3, -0.25) is 9.48 Å². The van der Waals surface area contributed by atoms with E-state index in [0.29, 0.717) is 23.2 Å². The number of rotatable bonds is 5. The lowest BCUT2D eigenvalue weighted by molar-refractivity contribution is 0.0941. The maximum atomic E-state index is 12.4. The third kappa shape index (κ3) is 3.60. The van der Waals surface area contributed by atoms with Crippen LogP contribution in [0.4, 0.5) is 0 Å². The topological polar surface area (TPSA) is 59.8 Å². The third-order valence-corrected chi connectivity index (χ3v) is 5.32. The second-order valence-electron chi connectivity index (χ2n) is 6.17. The Kier molecular flexibility index (Phi) is 4.31. The highest BCUT2D eigenvalue weighted by Crippen LogP contribution is 2.39. The molecular formula is C18H17ClN4OS. The number of benzene rings is 1. The van der Waals surface area contributed by atoms with Crippen LogP contribution in [-0.4, -0.2) is 20.7 Å². The highest BCUT2D eigenvalue weighted by atomic mass is 35.5. The zero-order chi connectivity index (χ0) is 17.4. The van der Waals surface area contributed by atoms with Gasteiger partial charge in [-0.2, -0.15) is 5.10 Å². The minimum atomic E-state index is -0.120. The van der Waals surface area contributed by atoms with Crippen LogP contribution in [0.3, 0.4) is 0 Å². The first-order chi connectivity index (χ1) is 12.1. The molecule has 0 saturated heterocycles. The largest absolute Gasteiger partial charge is 0.344 e. The number of hydrogen-bond donors (Lipinski definition) is 1. The zero-order valence-corrected chi connectivity index (χ0v) is 15.3. The van der Waals surface area contributed by atoms with Gasteiger partial charge in [0.25, 0.3) is 5.91 Å². The van der Waals surface area contributed by atoms with E-state index < -0.39 is 0 Å². The van der Waals surface area contributed by atoms with Crippen molar-refractivity contribution in [3.63, 3.8) is 0 Å². The molecule has 5 nitrogen and oxygen atoms in total. The van der Waals surface area contributed by atoms with Gasteiger partial charge < -0.3 is 5.32 Å². The summed E-state index contributed by atoms with van der Waals surface area (Å²) in [6.45, 7) is 0.404. The fourth-order valence-electron chi connectivity index (χ4n) is 2.67. The van der Waals surface area contributed by atoms with Crippen molar-refractivity contribution < 1.29 is 4.79 Å². The van der Waals surface area contributed by atoms with Gasteiger partial charge in [-0.25, -0.2) is 4.98 Å². The highest BCUT2D eigenvalue weighted by molar-refractivity contribution is 7.09. The van der Waals surface area contributed by atoms with Crippen molar-refractivity contribution in [1.82, 2.24) is 20.1 Å². The summed E-state index contributed by atoms with van der Waals surface area (Å²) in [6.07, 6.45) is 2.34. The predicted octanol–water partition coefficient (Wildman–Crippen LogP) is 4.00. The fourth-order valence-corrected chi connectivity index (χ4v) is 3.54. The minimum absolute atomic E-state index is 0.120. The molecule has 7 heteroatoms. The molecule has 0 bridgehead atoms. The molecule has 1 aliphatic rings. The molecular weight excluding hydrogens is 356 g/mol. The van der Waals surface area contributed by atoms with Crippen LogP contribution in [-0.2, 0) is 13.6 Å². The maximum absolute atomic E-state index is 12.4. The van der Waals surface area contributed by atoms with Gasteiger partial charge in [0.1, 0.15) is 10.7 Å². The summed E-state index contributed by atoms with van der Waals surface area (Å²) < 4.78 is 1.66. The Balaban J connectivity index is 1.41. The Labute approximate surface area is 154 Å². The maximum Gasteiger partial charge on any atom is 0.269 e. The Morgan fingerprint density at radius 1 is 1.36 bits per heavy atom. The quantitative estimate of drug-likeness (QED) is 0.736. The summed E-state index contributed by atoms with van der Waals surface area (Å²) in [6, 6.07) is 9.46. The van der Waals surface area contributed by atoms with Crippen LogP contribution in [0.15, 0.2) is 35.7 Å². The van der Waals surface area contributed by atoms with Crippen LogP contribution in [0.1, 0.15) is 39.9 Å². The molecule has 1 aliphatic carbocycles. The number of thiazole rings is 1. The zero-order valence-electron chi connectivity index (χ0n) is 13.7. The molecule has 2 aromatic heterocycles. The Hall–Kier alpha value is -2.18. The SMILES string of the molecule is Cn1nc(C2CC2)cc1C(=O)NCc1nc(-c2ccc(Cl)cc2)cs1. The number of halogens is 1. The van der Waals surface area contributed by atoms with Crippen molar-refractivity contribution in [3.05, 3.63) is 57.1 Å². The average Bonchev–Trinajstić information content (AvgIpc) is 3.22. The van der Waals surface area contributed by atoms with Crippen LogP contribution >= 0.6 is 22.9 Å². The minimum Gasteiger partial charge on any atom is -0.344 e.